The van der Waals surface area contributed by atoms with Crippen LogP contribution in [0.1, 0.15) is 51.4 Å². The first-order valence-corrected chi connectivity index (χ1v) is 5.62. The Hall–Kier alpha value is -0.520. The Bertz CT molecular complexity index is 135. The molecule has 1 radical (unpaired) electrons. The van der Waals surface area contributed by atoms with Crippen LogP contribution in [0.4, 0.5) is 0 Å². The molecule has 73 valence electrons. The van der Waals surface area contributed by atoms with E-state index in [1.165, 1.54) is 44.9 Å². The molecule has 0 bridgehead atoms. The number of hydrogen-bond acceptors (Lipinski definition) is 0. The average molecular weight is 177 g/mol. The van der Waals surface area contributed by atoms with Crippen LogP contribution in [-0.2, 0) is 0 Å². The van der Waals surface area contributed by atoms with Crippen molar-refractivity contribution in [3.8, 4) is 0 Å². The van der Waals surface area contributed by atoms with Gasteiger partial charge >= 0.3 is 0 Å². The minimum Gasteiger partial charge on any atom is -0.0882 e. The third-order valence-electron chi connectivity index (χ3n) is 2.41. The largest absolute Gasteiger partial charge is 0.0882 e. The highest BCUT2D eigenvalue weighted by molar-refractivity contribution is 4.93. The van der Waals surface area contributed by atoms with Gasteiger partial charge in [-0.1, -0.05) is 37.1 Å². The number of hydrogen-bond donors (Lipinski definition) is 0. The Labute approximate surface area is 82.7 Å². The maximum atomic E-state index is 2.45. The molecule has 0 fully saturated rings. The van der Waals surface area contributed by atoms with Crippen LogP contribution in [0, 0.1) is 6.42 Å². The van der Waals surface area contributed by atoms with Gasteiger partial charge < -0.3 is 0 Å². The molecule has 0 aromatic carbocycles. The maximum Gasteiger partial charge on any atom is -0.0169 e. The van der Waals surface area contributed by atoms with Gasteiger partial charge in [0.25, 0.3) is 0 Å². The first kappa shape index (κ1) is 10.6. The molecular weight excluding hydrogens is 156 g/mol. The molecule has 0 heteroatoms. The minimum absolute atomic E-state index is 1.13. The second-order valence-corrected chi connectivity index (χ2v) is 3.68. The first-order chi connectivity index (χ1) is 6.50. The van der Waals surface area contributed by atoms with E-state index in [9.17, 15) is 0 Å². The summed E-state index contributed by atoms with van der Waals surface area (Å²) in [6.45, 7) is 0. The summed E-state index contributed by atoms with van der Waals surface area (Å²) >= 11 is 0. The van der Waals surface area contributed by atoms with E-state index in [1.807, 2.05) is 0 Å². The Morgan fingerprint density at radius 1 is 0.538 bits per heavy atom. The van der Waals surface area contributed by atoms with Crippen molar-refractivity contribution >= 4 is 0 Å². The standard InChI is InChI=1S/C13H21/c1-2-4-6-8-10-12-13-11-9-7-5-3-1/h1-2,5,7,10H,3-4,6,8-9,11-13H2. The van der Waals surface area contributed by atoms with Crippen LogP contribution in [0.3, 0.4) is 0 Å². The molecule has 0 amide bonds. The number of allylic oxidation sites excluding steroid dienone is 4. The average Bonchev–Trinajstić information content (AvgIpc) is 2.18. The van der Waals surface area contributed by atoms with Crippen LogP contribution in [0.25, 0.3) is 0 Å². The van der Waals surface area contributed by atoms with Gasteiger partial charge in [0.2, 0.25) is 0 Å². The minimum atomic E-state index is 1.13. The highest BCUT2D eigenvalue weighted by atomic mass is 14.0. The fourth-order valence-electron chi connectivity index (χ4n) is 1.58. The predicted octanol–water partition coefficient (Wildman–Crippen LogP) is 4.44. The third kappa shape index (κ3) is 6.62. The topological polar surface area (TPSA) is 0 Å². The molecule has 1 aliphatic rings. The second-order valence-electron chi connectivity index (χ2n) is 3.68. The lowest BCUT2D eigenvalue weighted by Crippen LogP contribution is -1.79. The summed E-state index contributed by atoms with van der Waals surface area (Å²) in [5.74, 6) is 0. The molecule has 0 aromatic heterocycles. The quantitative estimate of drug-likeness (QED) is 0.480. The van der Waals surface area contributed by atoms with E-state index in [1.54, 1.807) is 0 Å². The van der Waals surface area contributed by atoms with Gasteiger partial charge in [-0.05, 0) is 44.9 Å². The molecule has 0 heterocycles. The zero-order valence-electron chi connectivity index (χ0n) is 8.54. The molecule has 0 aromatic rings. The fraction of sp³-hybridized carbons (Fsp3) is 0.615. The van der Waals surface area contributed by atoms with E-state index in [0.717, 1.165) is 6.42 Å². The highest BCUT2D eigenvalue weighted by Gasteiger charge is 1.90. The van der Waals surface area contributed by atoms with Gasteiger partial charge in [-0.2, -0.15) is 0 Å². The zero-order valence-corrected chi connectivity index (χ0v) is 8.54. The zero-order chi connectivity index (χ0) is 9.19. The molecule has 13 heavy (non-hydrogen) atoms. The third-order valence-corrected chi connectivity index (χ3v) is 2.41. The van der Waals surface area contributed by atoms with E-state index < -0.39 is 0 Å². The van der Waals surface area contributed by atoms with Crippen molar-refractivity contribution in [3.63, 3.8) is 0 Å². The lowest BCUT2D eigenvalue weighted by atomic mass is 10.1. The van der Waals surface area contributed by atoms with Crippen molar-refractivity contribution < 1.29 is 0 Å². The first-order valence-electron chi connectivity index (χ1n) is 5.62. The maximum absolute atomic E-state index is 2.45. The van der Waals surface area contributed by atoms with Gasteiger partial charge in [-0.3, -0.25) is 0 Å². The van der Waals surface area contributed by atoms with Crippen molar-refractivity contribution in [2.45, 2.75) is 51.4 Å². The van der Waals surface area contributed by atoms with Gasteiger partial charge in [0, 0.05) is 0 Å². The molecule has 0 aliphatic heterocycles. The molecule has 0 N–H and O–H groups in total. The van der Waals surface area contributed by atoms with E-state index in [-0.39, 0.29) is 0 Å². The van der Waals surface area contributed by atoms with Crippen molar-refractivity contribution in [3.05, 3.63) is 30.7 Å². The van der Waals surface area contributed by atoms with Crippen molar-refractivity contribution in [1.29, 1.82) is 0 Å². The molecule has 0 nitrogen and oxygen atoms in total. The van der Waals surface area contributed by atoms with Gasteiger partial charge in [0.1, 0.15) is 0 Å². The Morgan fingerprint density at radius 3 is 2.00 bits per heavy atom. The van der Waals surface area contributed by atoms with Crippen LogP contribution in [0.15, 0.2) is 24.3 Å². The van der Waals surface area contributed by atoms with Crippen molar-refractivity contribution in [2.24, 2.45) is 0 Å². The van der Waals surface area contributed by atoms with Crippen LogP contribution < -0.4 is 0 Å². The lowest BCUT2D eigenvalue weighted by molar-refractivity contribution is 0.698. The SMILES string of the molecule is [CH]1CCCC=CCC=CCCCC1. The summed E-state index contributed by atoms with van der Waals surface area (Å²) in [7, 11) is 0. The summed E-state index contributed by atoms with van der Waals surface area (Å²) in [6.07, 6.45) is 22.0. The lowest BCUT2D eigenvalue weighted by Gasteiger charge is -1.98. The number of rotatable bonds is 0. The molecule has 1 aliphatic carbocycles. The summed E-state index contributed by atoms with van der Waals surface area (Å²) < 4.78 is 0. The summed E-state index contributed by atoms with van der Waals surface area (Å²) in [4.78, 5) is 0. The van der Waals surface area contributed by atoms with Crippen molar-refractivity contribution in [2.75, 3.05) is 0 Å². The molecule has 0 saturated heterocycles. The molecule has 0 saturated carbocycles. The highest BCUT2D eigenvalue weighted by Crippen LogP contribution is 2.09. The van der Waals surface area contributed by atoms with E-state index >= 15 is 0 Å². The molecular formula is C13H21. The summed E-state index contributed by atoms with van der Waals surface area (Å²) in [5, 5.41) is 0. The van der Waals surface area contributed by atoms with E-state index in [0.29, 0.717) is 0 Å². The molecule has 0 unspecified atom stereocenters. The Morgan fingerprint density at radius 2 is 1.15 bits per heavy atom. The summed E-state index contributed by atoms with van der Waals surface area (Å²) in [5.41, 5.74) is 0. The Balaban J connectivity index is 2.18. The van der Waals surface area contributed by atoms with Crippen LogP contribution in [-0.4, -0.2) is 0 Å². The van der Waals surface area contributed by atoms with Crippen LogP contribution in [0.2, 0.25) is 0 Å². The van der Waals surface area contributed by atoms with Crippen LogP contribution in [0.5, 0.6) is 0 Å². The smallest absolute Gasteiger partial charge is 0.0169 e. The van der Waals surface area contributed by atoms with Gasteiger partial charge in [-0.25, -0.2) is 0 Å². The molecule has 0 spiro atoms. The Kier molecular flexibility index (Phi) is 6.58. The van der Waals surface area contributed by atoms with Gasteiger partial charge in [0.05, 0.1) is 0 Å². The van der Waals surface area contributed by atoms with Gasteiger partial charge in [0.15, 0.2) is 0 Å². The molecule has 0 atom stereocenters. The van der Waals surface area contributed by atoms with Gasteiger partial charge in [-0.15, -0.1) is 0 Å². The normalized spacial score (nSPS) is 21.5. The van der Waals surface area contributed by atoms with Crippen LogP contribution >= 0.6 is 0 Å². The van der Waals surface area contributed by atoms with E-state index in [4.69, 9.17) is 0 Å². The van der Waals surface area contributed by atoms with E-state index in [2.05, 4.69) is 30.7 Å². The fourth-order valence-corrected chi connectivity index (χ4v) is 1.58. The summed E-state index contributed by atoms with van der Waals surface area (Å²) in [6, 6.07) is 0. The van der Waals surface area contributed by atoms with Crippen molar-refractivity contribution in [1.82, 2.24) is 0 Å². The predicted molar refractivity (Wildman–Crippen MR) is 59.5 cm³/mol. The molecule has 1 rings (SSSR count). The second kappa shape index (κ2) is 8.10. The monoisotopic (exact) mass is 177 g/mol.